The Bertz CT molecular complexity index is 1190. The Balaban J connectivity index is 1.75. The van der Waals surface area contributed by atoms with Crippen LogP contribution in [0.5, 0.6) is 0 Å². The van der Waals surface area contributed by atoms with Crippen LogP contribution in [0.2, 0.25) is 0 Å². The van der Waals surface area contributed by atoms with Gasteiger partial charge in [0.05, 0.1) is 23.2 Å². The molecule has 0 spiro atoms. The van der Waals surface area contributed by atoms with Crippen LogP contribution in [0.15, 0.2) is 23.0 Å². The third-order valence-electron chi connectivity index (χ3n) is 7.41. The lowest BCUT2D eigenvalue weighted by Gasteiger charge is -2.34. The van der Waals surface area contributed by atoms with Crippen LogP contribution < -0.4 is 5.56 Å². The first-order chi connectivity index (χ1) is 16.2. The Morgan fingerprint density at radius 1 is 1.26 bits per heavy atom. The number of H-pyrrole nitrogens is 1. The summed E-state index contributed by atoms with van der Waals surface area (Å²) in [5, 5.41) is 14.0. The zero-order chi connectivity index (χ0) is 24.5. The minimum atomic E-state index is -0.198. The van der Waals surface area contributed by atoms with Gasteiger partial charge < -0.3 is 9.72 Å². The van der Waals surface area contributed by atoms with E-state index in [0.717, 1.165) is 72.3 Å². The van der Waals surface area contributed by atoms with Crippen LogP contribution in [0.4, 0.5) is 0 Å². The summed E-state index contributed by atoms with van der Waals surface area (Å²) >= 11 is 0. The van der Waals surface area contributed by atoms with Crippen LogP contribution in [0.1, 0.15) is 81.9 Å². The monoisotopic (exact) mass is 466 g/mol. The number of rotatable bonds is 9. The molecule has 1 saturated heterocycles. The van der Waals surface area contributed by atoms with Crippen molar-refractivity contribution < 1.29 is 4.74 Å². The standard InChI is InChI=1S/C26H38N6O2/c1-7-22(24-28-29-30-32(24)26(5,6)8-2)31(16-20-10-9-13-34-20)15-19-14-21-17(3)11-12-18(4)23(21)27-25(19)33/h11-12,14,20,22H,7-10,13,15-16H2,1-6H3,(H,27,33)/t20-,22-/m0/s1. The fourth-order valence-electron chi connectivity index (χ4n) is 4.89. The lowest BCUT2D eigenvalue weighted by atomic mass is 10.0. The van der Waals surface area contributed by atoms with Crippen molar-refractivity contribution in [2.45, 2.75) is 91.5 Å². The molecule has 2 atom stereocenters. The van der Waals surface area contributed by atoms with Crippen molar-refractivity contribution in [2.24, 2.45) is 0 Å². The smallest absolute Gasteiger partial charge is 0.252 e. The second-order valence-electron chi connectivity index (χ2n) is 10.2. The second kappa shape index (κ2) is 9.96. The molecule has 3 heterocycles. The Hall–Kier alpha value is -2.58. The van der Waals surface area contributed by atoms with E-state index in [2.05, 4.69) is 78.2 Å². The van der Waals surface area contributed by atoms with Gasteiger partial charge in [-0.3, -0.25) is 9.69 Å². The van der Waals surface area contributed by atoms with Crippen molar-refractivity contribution in [3.63, 3.8) is 0 Å². The van der Waals surface area contributed by atoms with Crippen molar-refractivity contribution in [1.29, 1.82) is 0 Å². The van der Waals surface area contributed by atoms with E-state index < -0.39 is 0 Å². The van der Waals surface area contributed by atoms with E-state index in [1.54, 1.807) is 0 Å². The molecule has 4 rings (SSSR count). The summed E-state index contributed by atoms with van der Waals surface area (Å²) in [4.78, 5) is 18.7. The number of nitrogens with one attached hydrogen (secondary N) is 1. The third-order valence-corrected chi connectivity index (χ3v) is 7.41. The van der Waals surface area contributed by atoms with Crippen molar-refractivity contribution in [3.8, 4) is 0 Å². The molecule has 3 aromatic rings. The number of hydrogen-bond donors (Lipinski definition) is 1. The van der Waals surface area contributed by atoms with Gasteiger partial charge in [0.25, 0.3) is 5.56 Å². The molecule has 1 aromatic carbocycles. The Morgan fingerprint density at radius 3 is 2.71 bits per heavy atom. The normalized spacial score (nSPS) is 17.7. The highest BCUT2D eigenvalue weighted by Gasteiger charge is 2.32. The zero-order valence-corrected chi connectivity index (χ0v) is 21.4. The number of pyridine rings is 1. The molecule has 8 heteroatoms. The predicted octanol–water partition coefficient (Wildman–Crippen LogP) is 4.41. The number of aromatic amines is 1. The summed E-state index contributed by atoms with van der Waals surface area (Å²) in [6.45, 7) is 14.8. The first-order valence-electron chi connectivity index (χ1n) is 12.5. The molecule has 184 valence electrons. The average molecular weight is 467 g/mol. The second-order valence-corrected chi connectivity index (χ2v) is 10.2. The highest BCUT2D eigenvalue weighted by atomic mass is 16.5. The van der Waals surface area contributed by atoms with Crippen LogP contribution in [-0.4, -0.2) is 49.3 Å². The van der Waals surface area contributed by atoms with E-state index in [1.165, 1.54) is 0 Å². The molecule has 0 bridgehead atoms. The number of nitrogens with zero attached hydrogens (tertiary/aromatic N) is 5. The summed E-state index contributed by atoms with van der Waals surface area (Å²) in [7, 11) is 0. The van der Waals surface area contributed by atoms with E-state index in [1.807, 2.05) is 11.6 Å². The third kappa shape index (κ3) is 4.79. The van der Waals surface area contributed by atoms with Crippen molar-refractivity contribution in [2.75, 3.05) is 13.2 Å². The maximum absolute atomic E-state index is 13.2. The number of fused-ring (bicyclic) bond motifs is 1. The fourth-order valence-corrected chi connectivity index (χ4v) is 4.89. The van der Waals surface area contributed by atoms with Gasteiger partial charge in [-0.1, -0.05) is 26.0 Å². The van der Waals surface area contributed by atoms with Crippen LogP contribution >= 0.6 is 0 Å². The van der Waals surface area contributed by atoms with Gasteiger partial charge in [-0.15, -0.1) is 5.10 Å². The maximum atomic E-state index is 13.2. The molecule has 0 saturated carbocycles. The number of ether oxygens (including phenoxy) is 1. The molecule has 2 aromatic heterocycles. The molecule has 1 aliphatic rings. The lowest BCUT2D eigenvalue weighted by Crippen LogP contribution is -2.39. The number of benzene rings is 1. The van der Waals surface area contributed by atoms with E-state index in [-0.39, 0.29) is 23.2 Å². The minimum absolute atomic E-state index is 0.0290. The van der Waals surface area contributed by atoms with Gasteiger partial charge in [0.1, 0.15) is 0 Å². The Labute approximate surface area is 201 Å². The topological polar surface area (TPSA) is 88.9 Å². The number of aromatic nitrogens is 5. The van der Waals surface area contributed by atoms with Gasteiger partial charge in [-0.25, -0.2) is 4.68 Å². The highest BCUT2D eigenvalue weighted by Crippen LogP contribution is 2.30. The van der Waals surface area contributed by atoms with Crippen LogP contribution in [0, 0.1) is 13.8 Å². The SMILES string of the molecule is CC[C@@H](c1nnnn1C(C)(C)CC)N(Cc1cc2c(C)ccc(C)c2[nH]c1=O)C[C@@H]1CCCO1. The number of tetrazole rings is 1. The zero-order valence-electron chi connectivity index (χ0n) is 21.4. The van der Waals surface area contributed by atoms with E-state index in [0.29, 0.717) is 6.54 Å². The largest absolute Gasteiger partial charge is 0.377 e. The summed E-state index contributed by atoms with van der Waals surface area (Å²) < 4.78 is 7.96. The van der Waals surface area contributed by atoms with Gasteiger partial charge in [0.2, 0.25) is 0 Å². The molecule has 1 fully saturated rings. The molecule has 1 N–H and O–H groups in total. The van der Waals surface area contributed by atoms with Gasteiger partial charge >= 0.3 is 0 Å². The molecule has 0 aliphatic carbocycles. The van der Waals surface area contributed by atoms with Gasteiger partial charge in [0.15, 0.2) is 5.82 Å². The van der Waals surface area contributed by atoms with E-state index in [4.69, 9.17) is 4.74 Å². The summed E-state index contributed by atoms with van der Waals surface area (Å²) in [5.74, 6) is 0.844. The lowest BCUT2D eigenvalue weighted by molar-refractivity contribution is 0.0475. The molecular weight excluding hydrogens is 428 g/mol. The summed E-state index contributed by atoms with van der Waals surface area (Å²) in [6.07, 6.45) is 4.00. The summed E-state index contributed by atoms with van der Waals surface area (Å²) in [5.41, 5.74) is 3.67. The van der Waals surface area contributed by atoms with Gasteiger partial charge in [-0.05, 0) is 81.0 Å². The molecule has 34 heavy (non-hydrogen) atoms. The quantitative estimate of drug-likeness (QED) is 0.503. The molecular formula is C26H38N6O2. The molecule has 0 unspecified atom stereocenters. The maximum Gasteiger partial charge on any atom is 0.252 e. The van der Waals surface area contributed by atoms with Crippen molar-refractivity contribution in [1.82, 2.24) is 30.1 Å². The van der Waals surface area contributed by atoms with E-state index in [9.17, 15) is 4.79 Å². The molecule has 0 radical (unpaired) electrons. The Kier molecular flexibility index (Phi) is 7.19. The van der Waals surface area contributed by atoms with Crippen LogP contribution in [0.3, 0.4) is 0 Å². The van der Waals surface area contributed by atoms with Gasteiger partial charge in [-0.2, -0.15) is 0 Å². The molecule has 8 nitrogen and oxygen atoms in total. The van der Waals surface area contributed by atoms with E-state index >= 15 is 0 Å². The molecule has 1 aliphatic heterocycles. The number of aryl methyl sites for hydroxylation is 2. The van der Waals surface area contributed by atoms with Crippen LogP contribution in [-0.2, 0) is 16.8 Å². The number of hydrogen-bond acceptors (Lipinski definition) is 6. The van der Waals surface area contributed by atoms with Gasteiger partial charge in [0, 0.05) is 30.6 Å². The van der Waals surface area contributed by atoms with Crippen LogP contribution in [0.25, 0.3) is 10.9 Å². The highest BCUT2D eigenvalue weighted by molar-refractivity contribution is 5.85. The first-order valence-corrected chi connectivity index (χ1v) is 12.5. The van der Waals surface area contributed by atoms with Crippen molar-refractivity contribution in [3.05, 3.63) is 51.1 Å². The first kappa shape index (κ1) is 24.5. The Morgan fingerprint density at radius 2 is 2.03 bits per heavy atom. The predicted molar refractivity (Wildman–Crippen MR) is 134 cm³/mol. The fraction of sp³-hybridized carbons (Fsp3) is 0.615. The molecule has 0 amide bonds. The minimum Gasteiger partial charge on any atom is -0.377 e. The summed E-state index contributed by atoms with van der Waals surface area (Å²) in [6, 6.07) is 6.20. The van der Waals surface area contributed by atoms with Crippen molar-refractivity contribution >= 4 is 10.9 Å². The average Bonchev–Trinajstić information content (AvgIpc) is 3.50.